The van der Waals surface area contributed by atoms with E-state index >= 15 is 4.39 Å². The summed E-state index contributed by atoms with van der Waals surface area (Å²) in [6, 6.07) is 6.60. The van der Waals surface area contributed by atoms with E-state index in [1.165, 1.54) is 11.0 Å². The first-order valence-electron chi connectivity index (χ1n) is 11.6. The summed E-state index contributed by atoms with van der Waals surface area (Å²) in [5, 5.41) is 6.01. The molecule has 2 aromatic heterocycles. The largest absolute Gasteiger partial charge is 0.485 e. The fourth-order valence-corrected chi connectivity index (χ4v) is 4.82. The highest BCUT2D eigenvalue weighted by atomic mass is 19.1. The van der Waals surface area contributed by atoms with Crippen molar-refractivity contribution in [1.29, 1.82) is 0 Å². The fraction of sp³-hybridized carbons (Fsp3) is 0.280. The molecular formula is C25H23FN6O3. The smallest absolute Gasteiger partial charge is 0.322 e. The number of carbonyl (C=O) groups excluding carboxylic acids is 2. The van der Waals surface area contributed by atoms with Crippen molar-refractivity contribution in [2.75, 3.05) is 34.8 Å². The molecule has 5 heterocycles. The first-order valence-corrected chi connectivity index (χ1v) is 11.6. The molecule has 2 saturated heterocycles. The summed E-state index contributed by atoms with van der Waals surface area (Å²) in [5.41, 5.74) is 3.88. The maximum Gasteiger partial charge on any atom is 0.322 e. The molecule has 1 aromatic carbocycles. The molecule has 1 atom stereocenters. The molecule has 3 aromatic rings. The Bertz CT molecular complexity index is 1360. The van der Waals surface area contributed by atoms with Crippen LogP contribution in [0.25, 0.3) is 11.1 Å². The number of urea groups is 1. The van der Waals surface area contributed by atoms with Gasteiger partial charge < -0.3 is 20.3 Å². The van der Waals surface area contributed by atoms with Crippen molar-refractivity contribution in [2.45, 2.75) is 25.9 Å². The lowest BCUT2D eigenvalue weighted by Gasteiger charge is -2.28. The van der Waals surface area contributed by atoms with Crippen LogP contribution in [-0.4, -0.2) is 41.5 Å². The number of halogens is 1. The number of anilines is 4. The number of ether oxygens (including phenoxy) is 1. The quantitative estimate of drug-likeness (QED) is 0.590. The summed E-state index contributed by atoms with van der Waals surface area (Å²) in [5.74, 6) is 0.574. The SMILES string of the molecule is CC1Oc2cc(N3CCCC3=O)c(F)cc2-c2cnc(Nc3cncc(N4CCNC4=O)c3)cc21. The molecule has 3 aliphatic heterocycles. The van der Waals surface area contributed by atoms with Crippen LogP contribution in [-0.2, 0) is 4.79 Å². The Balaban J connectivity index is 1.30. The zero-order valence-corrected chi connectivity index (χ0v) is 19.0. The Morgan fingerprint density at radius 1 is 1.09 bits per heavy atom. The molecule has 2 fully saturated rings. The molecule has 1 unspecified atom stereocenters. The molecule has 178 valence electrons. The summed E-state index contributed by atoms with van der Waals surface area (Å²) >= 11 is 0. The maximum absolute atomic E-state index is 15.0. The third-order valence-corrected chi connectivity index (χ3v) is 6.55. The summed E-state index contributed by atoms with van der Waals surface area (Å²) in [6.07, 6.45) is 5.84. The van der Waals surface area contributed by atoms with E-state index in [9.17, 15) is 9.59 Å². The topological polar surface area (TPSA) is 99.7 Å². The molecule has 0 aliphatic carbocycles. The predicted molar refractivity (Wildman–Crippen MR) is 129 cm³/mol. The van der Waals surface area contributed by atoms with E-state index in [0.717, 1.165) is 17.5 Å². The van der Waals surface area contributed by atoms with Crippen LogP contribution in [0.1, 0.15) is 31.4 Å². The molecule has 0 bridgehead atoms. The average Bonchev–Trinajstić information content (AvgIpc) is 3.47. The van der Waals surface area contributed by atoms with Gasteiger partial charge in [-0.1, -0.05) is 0 Å². The standard InChI is InChI=1S/C25H23FN6O3/c1-14-17-9-23(30-15-7-16(12-27-11-15)31-6-4-28-25(31)34)29-13-19(17)18-8-20(26)21(10-22(18)35-14)32-5-2-3-24(32)33/h7-14H,2-6H2,1H3,(H,28,34)(H,29,30). The zero-order valence-electron chi connectivity index (χ0n) is 19.0. The number of hydrogen-bond donors (Lipinski definition) is 2. The summed E-state index contributed by atoms with van der Waals surface area (Å²) < 4.78 is 21.2. The number of carbonyl (C=O) groups is 2. The summed E-state index contributed by atoms with van der Waals surface area (Å²) in [4.78, 5) is 36.0. The number of nitrogens with one attached hydrogen (secondary N) is 2. The van der Waals surface area contributed by atoms with Gasteiger partial charge in [-0.25, -0.2) is 14.2 Å². The van der Waals surface area contributed by atoms with Crippen LogP contribution in [0.2, 0.25) is 0 Å². The van der Waals surface area contributed by atoms with Crippen LogP contribution in [0.15, 0.2) is 42.9 Å². The van der Waals surface area contributed by atoms with E-state index in [1.807, 2.05) is 19.1 Å². The number of fused-ring (bicyclic) bond motifs is 3. The first-order chi connectivity index (χ1) is 17.0. The lowest BCUT2D eigenvalue weighted by Crippen LogP contribution is -2.27. The number of pyridine rings is 2. The number of amides is 3. The van der Waals surface area contributed by atoms with Gasteiger partial charge in [-0.3, -0.25) is 14.7 Å². The van der Waals surface area contributed by atoms with Crippen molar-refractivity contribution in [2.24, 2.45) is 0 Å². The van der Waals surface area contributed by atoms with Gasteiger partial charge in [0.2, 0.25) is 5.91 Å². The number of benzene rings is 1. The Morgan fingerprint density at radius 3 is 2.74 bits per heavy atom. The minimum Gasteiger partial charge on any atom is -0.485 e. The van der Waals surface area contributed by atoms with Crippen molar-refractivity contribution >= 4 is 34.8 Å². The number of nitrogens with zero attached hydrogens (tertiary/aromatic N) is 4. The second-order valence-corrected chi connectivity index (χ2v) is 8.81. The minimum absolute atomic E-state index is 0.0746. The second kappa shape index (κ2) is 8.23. The number of aromatic nitrogens is 2. The van der Waals surface area contributed by atoms with Gasteiger partial charge in [-0.15, -0.1) is 0 Å². The highest BCUT2D eigenvalue weighted by molar-refractivity contribution is 5.96. The molecule has 10 heteroatoms. The first kappa shape index (κ1) is 21.3. The second-order valence-electron chi connectivity index (χ2n) is 8.81. The molecule has 6 rings (SSSR count). The Labute approximate surface area is 200 Å². The molecule has 0 spiro atoms. The van der Waals surface area contributed by atoms with Crippen LogP contribution >= 0.6 is 0 Å². The Hall–Kier alpha value is -4.21. The van der Waals surface area contributed by atoms with Crippen molar-refractivity contribution in [1.82, 2.24) is 15.3 Å². The van der Waals surface area contributed by atoms with Gasteiger partial charge in [0.15, 0.2) is 0 Å². The monoisotopic (exact) mass is 474 g/mol. The molecule has 3 amide bonds. The van der Waals surface area contributed by atoms with E-state index in [2.05, 4.69) is 20.6 Å². The highest BCUT2D eigenvalue weighted by Gasteiger charge is 2.30. The van der Waals surface area contributed by atoms with Crippen molar-refractivity contribution in [3.05, 3.63) is 54.2 Å². The predicted octanol–water partition coefficient (Wildman–Crippen LogP) is 4.14. The van der Waals surface area contributed by atoms with E-state index in [1.54, 1.807) is 29.6 Å². The Kier molecular flexibility index (Phi) is 5.01. The van der Waals surface area contributed by atoms with Gasteiger partial charge in [-0.05, 0) is 31.5 Å². The van der Waals surface area contributed by atoms with Gasteiger partial charge in [-0.2, -0.15) is 0 Å². The minimum atomic E-state index is -0.459. The van der Waals surface area contributed by atoms with Crippen LogP contribution in [0, 0.1) is 5.82 Å². The molecule has 3 aliphatic rings. The molecule has 0 radical (unpaired) electrons. The van der Waals surface area contributed by atoms with Crippen molar-refractivity contribution in [3.8, 4) is 16.9 Å². The van der Waals surface area contributed by atoms with Crippen molar-refractivity contribution < 1.29 is 18.7 Å². The number of hydrogen-bond acceptors (Lipinski definition) is 6. The number of rotatable bonds is 4. The van der Waals surface area contributed by atoms with E-state index in [-0.39, 0.29) is 23.7 Å². The third kappa shape index (κ3) is 3.71. The zero-order chi connectivity index (χ0) is 24.1. The van der Waals surface area contributed by atoms with E-state index < -0.39 is 5.82 Å². The van der Waals surface area contributed by atoms with Crippen molar-refractivity contribution in [3.63, 3.8) is 0 Å². The molecule has 35 heavy (non-hydrogen) atoms. The normalized spacial score (nSPS) is 18.7. The Morgan fingerprint density at radius 2 is 1.97 bits per heavy atom. The van der Waals surface area contributed by atoms with Gasteiger partial charge in [0, 0.05) is 55.0 Å². The van der Waals surface area contributed by atoms with Gasteiger partial charge in [0.1, 0.15) is 23.5 Å². The van der Waals surface area contributed by atoms with Crippen LogP contribution in [0.5, 0.6) is 5.75 Å². The van der Waals surface area contributed by atoms with E-state index in [0.29, 0.717) is 54.6 Å². The van der Waals surface area contributed by atoms with Gasteiger partial charge >= 0.3 is 6.03 Å². The van der Waals surface area contributed by atoms with E-state index in [4.69, 9.17) is 4.74 Å². The molecular weight excluding hydrogens is 451 g/mol. The lowest BCUT2D eigenvalue weighted by molar-refractivity contribution is -0.117. The summed E-state index contributed by atoms with van der Waals surface area (Å²) in [6.45, 7) is 3.61. The molecule has 2 N–H and O–H groups in total. The highest BCUT2D eigenvalue weighted by Crippen LogP contribution is 2.45. The van der Waals surface area contributed by atoms with Gasteiger partial charge in [0.25, 0.3) is 0 Å². The lowest BCUT2D eigenvalue weighted by atomic mass is 9.94. The van der Waals surface area contributed by atoms with Crippen LogP contribution < -0.4 is 25.2 Å². The van der Waals surface area contributed by atoms with Crippen LogP contribution in [0.3, 0.4) is 0 Å². The van der Waals surface area contributed by atoms with Gasteiger partial charge in [0.05, 0.1) is 29.5 Å². The third-order valence-electron chi connectivity index (χ3n) is 6.55. The average molecular weight is 474 g/mol. The van der Waals surface area contributed by atoms with Crippen LogP contribution in [0.4, 0.5) is 32.1 Å². The molecule has 0 saturated carbocycles. The molecule has 9 nitrogen and oxygen atoms in total. The fourth-order valence-electron chi connectivity index (χ4n) is 4.82. The maximum atomic E-state index is 15.0. The summed E-state index contributed by atoms with van der Waals surface area (Å²) in [7, 11) is 0.